The summed E-state index contributed by atoms with van der Waals surface area (Å²) in [7, 11) is 1.27. The van der Waals surface area contributed by atoms with E-state index in [0.29, 0.717) is 5.57 Å². The molecule has 0 aromatic heterocycles. The maximum absolute atomic E-state index is 13.0. The van der Waals surface area contributed by atoms with Crippen molar-refractivity contribution in [2.24, 2.45) is 34.0 Å². The van der Waals surface area contributed by atoms with Crippen molar-refractivity contribution >= 4 is 29.7 Å². The number of hydrogen-bond donors (Lipinski definition) is 1. The molecule has 208 valence electrons. The van der Waals surface area contributed by atoms with Crippen molar-refractivity contribution in [1.82, 2.24) is 0 Å². The third-order valence-corrected chi connectivity index (χ3v) is 9.78. The molecule has 1 saturated heterocycles. The molecule has 1 heterocycles. The Kier molecular flexibility index (Phi) is 6.46. The lowest BCUT2D eigenvalue weighted by atomic mass is 9.46. The molecule has 38 heavy (non-hydrogen) atoms. The van der Waals surface area contributed by atoms with Crippen molar-refractivity contribution in [2.75, 3.05) is 7.11 Å². The van der Waals surface area contributed by atoms with Gasteiger partial charge in [0, 0.05) is 30.6 Å². The highest BCUT2D eigenvalue weighted by molar-refractivity contribution is 5.96. The van der Waals surface area contributed by atoms with E-state index in [1.807, 2.05) is 6.92 Å². The highest BCUT2D eigenvalue weighted by Crippen LogP contribution is 2.74. The number of esters is 3. The number of allylic oxidation sites excluding steroid dienone is 2. The van der Waals surface area contributed by atoms with Gasteiger partial charge in [0.25, 0.3) is 0 Å². The Balaban J connectivity index is 1.97. The van der Waals surface area contributed by atoms with Gasteiger partial charge < -0.3 is 24.1 Å². The minimum absolute atomic E-state index is 0.114. The number of epoxide rings is 1. The number of carboxylic acid groups (broad SMARTS) is 1. The molecule has 0 unspecified atom stereocenters. The van der Waals surface area contributed by atoms with Crippen molar-refractivity contribution in [2.45, 2.75) is 78.3 Å². The fraction of sp³-hybridized carbons (Fsp3) is 0.679. The number of aliphatic carboxylic acids is 1. The quantitative estimate of drug-likeness (QED) is 0.234. The van der Waals surface area contributed by atoms with Gasteiger partial charge in [0.05, 0.1) is 31.0 Å². The highest BCUT2D eigenvalue weighted by Gasteiger charge is 2.85. The molecule has 1 aliphatic heterocycles. The van der Waals surface area contributed by atoms with Gasteiger partial charge in [0.1, 0.15) is 17.8 Å². The Bertz CT molecular complexity index is 1150. The van der Waals surface area contributed by atoms with Gasteiger partial charge >= 0.3 is 23.9 Å². The molecule has 4 rings (SSSR count). The largest absolute Gasteiger partial charge is 0.481 e. The molecular weight excluding hydrogens is 496 g/mol. The first-order valence-electron chi connectivity index (χ1n) is 12.7. The van der Waals surface area contributed by atoms with Crippen LogP contribution in [0, 0.1) is 34.0 Å². The average molecular weight is 533 g/mol. The first-order valence-corrected chi connectivity index (χ1v) is 12.7. The van der Waals surface area contributed by atoms with Crippen molar-refractivity contribution in [1.29, 1.82) is 0 Å². The first-order chi connectivity index (χ1) is 17.5. The molecule has 0 aromatic carbocycles. The van der Waals surface area contributed by atoms with E-state index in [1.54, 1.807) is 26.8 Å². The average Bonchev–Trinajstić information content (AvgIpc) is 3.48. The number of hydrogen-bond acceptors (Lipinski definition) is 9. The second-order valence-electron chi connectivity index (χ2n) is 12.0. The molecule has 3 fully saturated rings. The van der Waals surface area contributed by atoms with Crippen molar-refractivity contribution in [3.05, 3.63) is 24.3 Å². The van der Waals surface area contributed by atoms with Crippen molar-refractivity contribution in [3.63, 3.8) is 0 Å². The molecular formula is C28H36O10. The molecule has 0 radical (unpaired) electrons. The fourth-order valence-electron chi connectivity index (χ4n) is 7.94. The van der Waals surface area contributed by atoms with Crippen LogP contribution in [-0.2, 0) is 42.9 Å². The predicted molar refractivity (Wildman–Crippen MR) is 131 cm³/mol. The Morgan fingerprint density at radius 3 is 2.24 bits per heavy atom. The van der Waals surface area contributed by atoms with Crippen LogP contribution in [-0.4, -0.2) is 65.8 Å². The molecule has 0 aromatic rings. The zero-order chi connectivity index (χ0) is 28.6. The second kappa shape index (κ2) is 8.76. The summed E-state index contributed by atoms with van der Waals surface area (Å²) in [5, 5.41) is 10.2. The van der Waals surface area contributed by atoms with Crippen LogP contribution in [0.4, 0.5) is 0 Å². The summed E-state index contributed by atoms with van der Waals surface area (Å²) < 4.78 is 22.9. The van der Waals surface area contributed by atoms with Gasteiger partial charge in [-0.3, -0.25) is 24.0 Å². The first kappa shape index (κ1) is 28.0. The molecule has 1 N–H and O–H groups in total. The van der Waals surface area contributed by atoms with Crippen molar-refractivity contribution < 1.29 is 48.0 Å². The maximum Gasteiger partial charge on any atom is 0.307 e. The van der Waals surface area contributed by atoms with E-state index < -0.39 is 81.8 Å². The van der Waals surface area contributed by atoms with Crippen LogP contribution in [0.3, 0.4) is 0 Å². The minimum Gasteiger partial charge on any atom is -0.481 e. The SMILES string of the molecule is C=C1[C@@H]([C@@]2(C)C=CC(=O)C(C)(C)[C@@H]2CC(=O)OC)[C@@H](OC(C)=O)[C@H](OC(C)=O)[C@@]2(C)[C@H](C(=O)O)C[C@H]3O[C@]132. The summed E-state index contributed by atoms with van der Waals surface area (Å²) >= 11 is 0. The van der Waals surface area contributed by atoms with Gasteiger partial charge in [-0.2, -0.15) is 0 Å². The second-order valence-corrected chi connectivity index (χ2v) is 12.0. The summed E-state index contributed by atoms with van der Waals surface area (Å²) in [5.41, 5.74) is -4.00. The summed E-state index contributed by atoms with van der Waals surface area (Å²) in [6.45, 7) is 13.8. The zero-order valence-corrected chi connectivity index (χ0v) is 22.9. The highest BCUT2D eigenvalue weighted by atomic mass is 16.6. The zero-order valence-electron chi connectivity index (χ0n) is 22.9. The number of methoxy groups -OCH3 is 1. The van der Waals surface area contributed by atoms with Crippen LogP contribution in [0.15, 0.2) is 24.3 Å². The number of rotatable bonds is 6. The van der Waals surface area contributed by atoms with Gasteiger partial charge in [-0.15, -0.1) is 0 Å². The number of ketones is 1. The van der Waals surface area contributed by atoms with E-state index in [-0.39, 0.29) is 18.6 Å². The standard InChI is InChI=1S/C28H36O10/c1-13-21(26(6)10-9-18(31)25(4,5)17(26)12-20(32)35-8)22(36-14(2)29)23(37-15(3)30)27(7)16(24(33)34)11-19-28(13,27)38-19/h9-10,16-17,19,21-23H,1,11-12H2,2-8H3,(H,33,34)/t16-,17-,19+,21+,22+,23-,26-,27+,28+/m0/s1. The maximum atomic E-state index is 13.0. The topological polar surface area (TPSA) is 146 Å². The van der Waals surface area contributed by atoms with Crippen LogP contribution >= 0.6 is 0 Å². The van der Waals surface area contributed by atoms with Crippen LogP contribution in [0.25, 0.3) is 0 Å². The van der Waals surface area contributed by atoms with E-state index in [1.165, 1.54) is 27.0 Å². The minimum atomic E-state index is -1.29. The lowest BCUT2D eigenvalue weighted by Crippen LogP contribution is -2.67. The third-order valence-electron chi connectivity index (χ3n) is 9.78. The summed E-state index contributed by atoms with van der Waals surface area (Å²) in [4.78, 5) is 63.0. The van der Waals surface area contributed by atoms with Gasteiger partial charge in [-0.05, 0) is 24.0 Å². The molecule has 3 aliphatic carbocycles. The Labute approximate surface area is 221 Å². The number of carbonyl (C=O) groups excluding carboxylic acids is 4. The molecule has 9 atom stereocenters. The lowest BCUT2D eigenvalue weighted by molar-refractivity contribution is -0.213. The Hall–Kier alpha value is -3.01. The van der Waals surface area contributed by atoms with E-state index in [9.17, 15) is 29.1 Å². The smallest absolute Gasteiger partial charge is 0.307 e. The number of carbonyl (C=O) groups is 5. The van der Waals surface area contributed by atoms with E-state index >= 15 is 0 Å². The summed E-state index contributed by atoms with van der Waals surface area (Å²) in [6.07, 6.45) is 0.372. The van der Waals surface area contributed by atoms with Gasteiger partial charge in [0.2, 0.25) is 0 Å². The van der Waals surface area contributed by atoms with Gasteiger partial charge in [-0.25, -0.2) is 0 Å². The Morgan fingerprint density at radius 2 is 1.71 bits per heavy atom. The van der Waals surface area contributed by atoms with Gasteiger partial charge in [0.15, 0.2) is 5.78 Å². The van der Waals surface area contributed by atoms with E-state index in [0.717, 1.165) is 0 Å². The monoisotopic (exact) mass is 532 g/mol. The summed E-state index contributed by atoms with van der Waals surface area (Å²) in [6, 6.07) is 0. The molecule has 0 amide bonds. The van der Waals surface area contributed by atoms with Crippen LogP contribution in [0.5, 0.6) is 0 Å². The van der Waals surface area contributed by atoms with E-state index in [4.69, 9.17) is 18.9 Å². The molecule has 2 saturated carbocycles. The molecule has 10 nitrogen and oxygen atoms in total. The van der Waals surface area contributed by atoms with Crippen LogP contribution in [0.2, 0.25) is 0 Å². The van der Waals surface area contributed by atoms with E-state index in [2.05, 4.69) is 6.58 Å². The lowest BCUT2D eigenvalue weighted by Gasteiger charge is -2.59. The normalized spacial score (nSPS) is 42.5. The molecule has 10 heteroatoms. The third kappa shape index (κ3) is 3.59. The Morgan fingerprint density at radius 1 is 1.11 bits per heavy atom. The molecule has 1 spiro atoms. The molecule has 4 aliphatic rings. The number of ether oxygens (including phenoxy) is 4. The van der Waals surface area contributed by atoms with Crippen molar-refractivity contribution in [3.8, 4) is 0 Å². The molecule has 0 bridgehead atoms. The van der Waals surface area contributed by atoms with Crippen LogP contribution < -0.4 is 0 Å². The fourth-order valence-corrected chi connectivity index (χ4v) is 7.94. The number of carboxylic acids is 1. The predicted octanol–water partition coefficient (Wildman–Crippen LogP) is 2.63. The summed E-state index contributed by atoms with van der Waals surface area (Å²) in [5.74, 6) is -5.49. The van der Waals surface area contributed by atoms with Crippen LogP contribution in [0.1, 0.15) is 54.4 Å². The van der Waals surface area contributed by atoms with Gasteiger partial charge in [-0.1, -0.05) is 40.3 Å².